The number of rotatable bonds is 5. The molecular weight excluding hydrogens is 462 g/mol. The fraction of sp³-hybridized carbons (Fsp3) is 0.167. The van der Waals surface area contributed by atoms with Crippen molar-refractivity contribution in [3.05, 3.63) is 58.1 Å². The molecule has 3 rings (SSSR count). The second-order valence-electron chi connectivity index (χ2n) is 6.09. The molecule has 1 amide bonds. The van der Waals surface area contributed by atoms with Crippen LogP contribution in [0.5, 0.6) is 0 Å². The first-order valence-corrected chi connectivity index (χ1v) is 10.0. The molecule has 0 aliphatic carbocycles. The van der Waals surface area contributed by atoms with Gasteiger partial charge < -0.3 is 11.2 Å². The van der Waals surface area contributed by atoms with Crippen molar-refractivity contribution in [3.63, 3.8) is 0 Å². The zero-order valence-electron chi connectivity index (χ0n) is 15.2. The molecule has 0 saturated carbocycles. The fourth-order valence-corrected chi connectivity index (χ4v) is 3.76. The van der Waals surface area contributed by atoms with E-state index in [4.69, 9.17) is 29.0 Å². The lowest BCUT2D eigenvalue weighted by molar-refractivity contribution is -0.137. The minimum absolute atomic E-state index is 0.183. The Bertz CT molecular complexity index is 1090. The SMILES string of the molecule is CC(Sc1nnc(-c2ccc(Cl)cc2Cl)n1N)C(=O)Nc1ccccc1C(F)(F)F. The number of aromatic nitrogens is 3. The maximum absolute atomic E-state index is 13.1. The highest BCUT2D eigenvalue weighted by molar-refractivity contribution is 8.00. The number of carbonyl (C=O) groups excluding carboxylic acids is 1. The first-order valence-electron chi connectivity index (χ1n) is 8.37. The molecule has 1 atom stereocenters. The Balaban J connectivity index is 1.77. The number of thioether (sulfide) groups is 1. The van der Waals surface area contributed by atoms with Crippen LogP contribution < -0.4 is 11.2 Å². The monoisotopic (exact) mass is 475 g/mol. The van der Waals surface area contributed by atoms with E-state index in [1.54, 1.807) is 12.1 Å². The molecule has 6 nitrogen and oxygen atoms in total. The Kier molecular flexibility index (Phi) is 6.49. The van der Waals surface area contributed by atoms with Crippen LogP contribution in [-0.2, 0) is 11.0 Å². The van der Waals surface area contributed by atoms with Gasteiger partial charge in [0.05, 0.1) is 21.5 Å². The van der Waals surface area contributed by atoms with E-state index in [0.717, 1.165) is 22.5 Å². The number of amides is 1. The summed E-state index contributed by atoms with van der Waals surface area (Å²) in [5.41, 5.74) is -0.776. The number of halogens is 5. The van der Waals surface area contributed by atoms with Gasteiger partial charge in [0.25, 0.3) is 0 Å². The van der Waals surface area contributed by atoms with Crippen LogP contribution in [0.1, 0.15) is 12.5 Å². The molecule has 12 heteroatoms. The molecular formula is C18H14Cl2F3N5OS. The van der Waals surface area contributed by atoms with Gasteiger partial charge in [-0.1, -0.05) is 47.1 Å². The summed E-state index contributed by atoms with van der Waals surface area (Å²) in [6.07, 6.45) is -4.59. The first-order chi connectivity index (χ1) is 14.1. The number of hydrogen-bond donors (Lipinski definition) is 2. The summed E-state index contributed by atoms with van der Waals surface area (Å²) in [7, 11) is 0. The van der Waals surface area contributed by atoms with Crippen LogP contribution in [0, 0.1) is 0 Å². The number of nitrogens with one attached hydrogen (secondary N) is 1. The number of alkyl halides is 3. The molecule has 158 valence electrons. The molecule has 0 aliphatic heterocycles. The first kappa shape index (κ1) is 22.3. The maximum atomic E-state index is 13.1. The van der Waals surface area contributed by atoms with Gasteiger partial charge in [-0.05, 0) is 37.3 Å². The van der Waals surface area contributed by atoms with E-state index in [0.29, 0.717) is 15.6 Å². The Morgan fingerprint density at radius 1 is 1.20 bits per heavy atom. The Morgan fingerprint density at radius 2 is 1.90 bits per heavy atom. The summed E-state index contributed by atoms with van der Waals surface area (Å²) in [5.74, 6) is 5.62. The van der Waals surface area contributed by atoms with Gasteiger partial charge in [-0.2, -0.15) is 13.2 Å². The van der Waals surface area contributed by atoms with Crippen molar-refractivity contribution in [1.82, 2.24) is 14.9 Å². The lowest BCUT2D eigenvalue weighted by Gasteiger charge is -2.16. The molecule has 2 aromatic carbocycles. The molecule has 30 heavy (non-hydrogen) atoms. The summed E-state index contributed by atoms with van der Waals surface area (Å²) >= 11 is 13.0. The van der Waals surface area contributed by atoms with E-state index in [1.165, 1.54) is 31.2 Å². The van der Waals surface area contributed by atoms with Gasteiger partial charge in [0.15, 0.2) is 5.82 Å². The second-order valence-corrected chi connectivity index (χ2v) is 8.24. The minimum atomic E-state index is -4.59. The van der Waals surface area contributed by atoms with Crippen LogP contribution in [-0.4, -0.2) is 26.0 Å². The smallest absolute Gasteiger partial charge is 0.335 e. The van der Waals surface area contributed by atoms with Crippen LogP contribution in [0.15, 0.2) is 47.6 Å². The van der Waals surface area contributed by atoms with E-state index in [-0.39, 0.29) is 16.7 Å². The third-order valence-corrected chi connectivity index (χ3v) is 5.58. The third-order valence-electron chi connectivity index (χ3n) is 3.98. The largest absolute Gasteiger partial charge is 0.418 e. The highest BCUT2D eigenvalue weighted by Gasteiger charge is 2.34. The van der Waals surface area contributed by atoms with Crippen LogP contribution in [0.2, 0.25) is 10.0 Å². The molecule has 0 spiro atoms. The van der Waals surface area contributed by atoms with Gasteiger partial charge in [0.1, 0.15) is 0 Å². The average Bonchev–Trinajstić information content (AvgIpc) is 3.01. The van der Waals surface area contributed by atoms with Crippen LogP contribution in [0.4, 0.5) is 18.9 Å². The van der Waals surface area contributed by atoms with Crippen molar-refractivity contribution in [3.8, 4) is 11.4 Å². The lowest BCUT2D eigenvalue weighted by Crippen LogP contribution is -2.25. The fourth-order valence-electron chi connectivity index (χ4n) is 2.50. The zero-order chi connectivity index (χ0) is 22.1. The molecule has 1 heterocycles. The summed E-state index contributed by atoms with van der Waals surface area (Å²) in [5, 5.41) is 10.3. The normalized spacial score (nSPS) is 12.6. The zero-order valence-corrected chi connectivity index (χ0v) is 17.6. The molecule has 3 N–H and O–H groups in total. The van der Waals surface area contributed by atoms with E-state index < -0.39 is 22.9 Å². The Labute approximate surface area is 183 Å². The molecule has 0 bridgehead atoms. The molecule has 0 aliphatic rings. The van der Waals surface area contributed by atoms with Crippen molar-refractivity contribution in [2.45, 2.75) is 23.5 Å². The van der Waals surface area contributed by atoms with Crippen LogP contribution in [0.3, 0.4) is 0 Å². The van der Waals surface area contributed by atoms with Crippen molar-refractivity contribution in [2.75, 3.05) is 11.2 Å². The molecule has 0 radical (unpaired) electrons. The average molecular weight is 476 g/mol. The molecule has 0 saturated heterocycles. The number of benzene rings is 2. The number of nitrogen functional groups attached to an aromatic ring is 1. The lowest BCUT2D eigenvalue weighted by atomic mass is 10.1. The highest BCUT2D eigenvalue weighted by Crippen LogP contribution is 2.35. The van der Waals surface area contributed by atoms with Crippen LogP contribution >= 0.6 is 35.0 Å². The molecule has 1 aromatic heterocycles. The number of nitrogens with zero attached hydrogens (tertiary/aromatic N) is 3. The van der Waals surface area contributed by atoms with Crippen molar-refractivity contribution < 1.29 is 18.0 Å². The number of carbonyl (C=O) groups is 1. The highest BCUT2D eigenvalue weighted by atomic mass is 35.5. The Morgan fingerprint density at radius 3 is 2.57 bits per heavy atom. The third kappa shape index (κ3) is 4.82. The number of hydrogen-bond acceptors (Lipinski definition) is 5. The molecule has 3 aromatic rings. The standard InChI is InChI=1S/C18H14Cl2F3N5OS/c1-9(16(29)25-14-5-3-2-4-12(14)18(21,22)23)30-17-27-26-15(28(17)24)11-7-6-10(19)8-13(11)20/h2-9H,24H2,1H3,(H,25,29). The van der Waals surface area contributed by atoms with E-state index >= 15 is 0 Å². The van der Waals surface area contributed by atoms with Crippen molar-refractivity contribution >= 4 is 46.6 Å². The number of para-hydroxylation sites is 1. The minimum Gasteiger partial charge on any atom is -0.335 e. The van der Waals surface area contributed by atoms with E-state index in [2.05, 4.69) is 15.5 Å². The molecule has 0 fully saturated rings. The van der Waals surface area contributed by atoms with Crippen molar-refractivity contribution in [2.24, 2.45) is 0 Å². The van der Waals surface area contributed by atoms with Gasteiger partial charge >= 0.3 is 6.18 Å². The summed E-state index contributed by atoms with van der Waals surface area (Å²) in [4.78, 5) is 12.4. The Hall–Kier alpha value is -2.43. The molecule has 1 unspecified atom stereocenters. The van der Waals surface area contributed by atoms with Gasteiger partial charge in [-0.25, -0.2) is 4.68 Å². The maximum Gasteiger partial charge on any atom is 0.418 e. The van der Waals surface area contributed by atoms with E-state index in [9.17, 15) is 18.0 Å². The second kappa shape index (κ2) is 8.75. The predicted octanol–water partition coefficient (Wildman–Crippen LogP) is 5.10. The summed E-state index contributed by atoms with van der Waals surface area (Å²) < 4.78 is 40.5. The van der Waals surface area contributed by atoms with Crippen LogP contribution in [0.25, 0.3) is 11.4 Å². The van der Waals surface area contributed by atoms with Gasteiger partial charge in [0.2, 0.25) is 11.1 Å². The van der Waals surface area contributed by atoms with Gasteiger partial charge in [-0.15, -0.1) is 10.2 Å². The quantitative estimate of drug-likeness (QED) is 0.395. The topological polar surface area (TPSA) is 85.8 Å². The summed E-state index contributed by atoms with van der Waals surface area (Å²) in [6.45, 7) is 1.51. The summed E-state index contributed by atoms with van der Waals surface area (Å²) in [6, 6.07) is 9.48. The van der Waals surface area contributed by atoms with Gasteiger partial charge in [0, 0.05) is 10.6 Å². The number of nitrogens with two attached hydrogens (primary N) is 1. The predicted molar refractivity (Wildman–Crippen MR) is 111 cm³/mol. The number of anilines is 1. The van der Waals surface area contributed by atoms with E-state index in [1.807, 2.05) is 0 Å². The van der Waals surface area contributed by atoms with Crippen molar-refractivity contribution in [1.29, 1.82) is 0 Å². The van der Waals surface area contributed by atoms with Gasteiger partial charge in [-0.3, -0.25) is 4.79 Å².